The minimum atomic E-state index is 0. The fraction of sp³-hybridized carbons (Fsp3) is 0.417. The molecule has 0 bridgehead atoms. The van der Waals surface area contributed by atoms with E-state index in [4.69, 9.17) is 9.47 Å². The Kier molecular flexibility index (Phi) is 4.58. The summed E-state index contributed by atoms with van der Waals surface area (Å²) in [7, 11) is 5.45. The lowest BCUT2D eigenvalue weighted by Crippen LogP contribution is -3.00. The summed E-state index contributed by atoms with van der Waals surface area (Å²) in [5.41, 5.74) is 2.47. The van der Waals surface area contributed by atoms with E-state index in [9.17, 15) is 0 Å². The van der Waals surface area contributed by atoms with Crippen molar-refractivity contribution in [2.24, 2.45) is 0 Å². The van der Waals surface area contributed by atoms with Crippen molar-refractivity contribution in [3.63, 3.8) is 0 Å². The van der Waals surface area contributed by atoms with Gasteiger partial charge in [0.05, 0.1) is 19.8 Å². The van der Waals surface area contributed by atoms with Gasteiger partial charge >= 0.3 is 0 Å². The van der Waals surface area contributed by atoms with Gasteiger partial charge in [0.15, 0.2) is 6.21 Å². The maximum Gasteiger partial charge on any atom is 0.174 e. The number of fused-ring (bicyclic) bond motifs is 1. The molecule has 0 fully saturated rings. The Morgan fingerprint density at radius 1 is 1.19 bits per heavy atom. The first kappa shape index (κ1) is 13.3. The van der Waals surface area contributed by atoms with Crippen molar-refractivity contribution in [2.45, 2.75) is 6.42 Å². The molecule has 0 N–H and O–H groups in total. The lowest BCUT2D eigenvalue weighted by Gasteiger charge is -2.15. The predicted molar refractivity (Wildman–Crippen MR) is 59.5 cm³/mol. The Morgan fingerprint density at radius 3 is 2.56 bits per heavy atom. The van der Waals surface area contributed by atoms with Gasteiger partial charge in [-0.3, -0.25) is 0 Å². The van der Waals surface area contributed by atoms with Crippen molar-refractivity contribution >= 4 is 6.21 Å². The van der Waals surface area contributed by atoms with Crippen LogP contribution in [0.4, 0.5) is 0 Å². The van der Waals surface area contributed by atoms with Gasteiger partial charge in [0.2, 0.25) is 0 Å². The van der Waals surface area contributed by atoms with Crippen LogP contribution in [0.1, 0.15) is 11.1 Å². The van der Waals surface area contributed by atoms with Crippen LogP contribution in [0.2, 0.25) is 0 Å². The number of halogens is 1. The third kappa shape index (κ3) is 2.48. The summed E-state index contributed by atoms with van der Waals surface area (Å²) in [5, 5.41) is 0. The van der Waals surface area contributed by atoms with Crippen molar-refractivity contribution < 1.29 is 38.0 Å². The predicted octanol–water partition coefficient (Wildman–Crippen LogP) is -1.67. The molecule has 88 valence electrons. The monoisotopic (exact) mass is 333 g/mol. The second-order valence-corrected chi connectivity index (χ2v) is 3.76. The quantitative estimate of drug-likeness (QED) is 0.477. The summed E-state index contributed by atoms with van der Waals surface area (Å²) in [4.78, 5) is 0. The molecule has 2 rings (SSSR count). The zero-order chi connectivity index (χ0) is 10.8. The van der Waals surface area contributed by atoms with Crippen LogP contribution in [-0.2, 0) is 6.42 Å². The lowest BCUT2D eigenvalue weighted by molar-refractivity contribution is -0.493. The van der Waals surface area contributed by atoms with Crippen LogP contribution in [0.15, 0.2) is 12.1 Å². The van der Waals surface area contributed by atoms with Crippen LogP contribution >= 0.6 is 0 Å². The van der Waals surface area contributed by atoms with Gasteiger partial charge in [-0.25, -0.2) is 4.58 Å². The molecule has 0 unspecified atom stereocenters. The Labute approximate surface area is 113 Å². The second kappa shape index (κ2) is 5.52. The Balaban J connectivity index is 0.00000128. The van der Waals surface area contributed by atoms with Gasteiger partial charge < -0.3 is 33.5 Å². The van der Waals surface area contributed by atoms with Crippen LogP contribution in [0.25, 0.3) is 0 Å². The van der Waals surface area contributed by atoms with E-state index in [0.717, 1.165) is 24.5 Å². The normalized spacial score (nSPS) is 13.3. The van der Waals surface area contributed by atoms with Crippen molar-refractivity contribution in [2.75, 3.05) is 27.8 Å². The average molecular weight is 333 g/mol. The van der Waals surface area contributed by atoms with Crippen molar-refractivity contribution in [3.05, 3.63) is 23.3 Å². The fourth-order valence-electron chi connectivity index (χ4n) is 1.88. The van der Waals surface area contributed by atoms with Crippen LogP contribution in [0, 0.1) is 0 Å². The largest absolute Gasteiger partial charge is 1.00 e. The zero-order valence-corrected chi connectivity index (χ0v) is 11.9. The summed E-state index contributed by atoms with van der Waals surface area (Å²) in [6.07, 6.45) is 3.16. The minimum absolute atomic E-state index is 0. The molecule has 0 amide bonds. The summed E-state index contributed by atoms with van der Waals surface area (Å²) >= 11 is 0. The molecular weight excluding hydrogens is 317 g/mol. The number of likely N-dealkylation sites (N-methyl/N-ethyl adjacent to an activating group) is 1. The number of benzene rings is 1. The highest BCUT2D eigenvalue weighted by molar-refractivity contribution is 5.83. The smallest absolute Gasteiger partial charge is 0.174 e. The highest BCUT2D eigenvalue weighted by Crippen LogP contribution is 2.29. The fourth-order valence-corrected chi connectivity index (χ4v) is 1.88. The molecule has 0 atom stereocenters. The summed E-state index contributed by atoms with van der Waals surface area (Å²) < 4.78 is 12.8. The van der Waals surface area contributed by atoms with Crippen LogP contribution in [0.5, 0.6) is 11.5 Å². The zero-order valence-electron chi connectivity index (χ0n) is 9.79. The molecule has 1 aromatic carbocycles. The summed E-state index contributed by atoms with van der Waals surface area (Å²) in [6, 6.07) is 4.01. The van der Waals surface area contributed by atoms with E-state index in [-0.39, 0.29) is 24.0 Å². The van der Waals surface area contributed by atoms with Gasteiger partial charge in [-0.2, -0.15) is 0 Å². The van der Waals surface area contributed by atoms with E-state index in [1.54, 1.807) is 14.2 Å². The highest BCUT2D eigenvalue weighted by atomic mass is 127. The first-order chi connectivity index (χ1) is 7.24. The van der Waals surface area contributed by atoms with Gasteiger partial charge in [0.25, 0.3) is 0 Å². The van der Waals surface area contributed by atoms with Gasteiger partial charge in [0, 0.05) is 12.5 Å². The Hall–Kier alpha value is -0.780. The van der Waals surface area contributed by atoms with E-state index in [0.29, 0.717) is 0 Å². The first-order valence-corrected chi connectivity index (χ1v) is 5.04. The molecule has 0 aromatic heterocycles. The molecule has 16 heavy (non-hydrogen) atoms. The maximum atomic E-state index is 5.37. The first-order valence-electron chi connectivity index (χ1n) is 5.04. The van der Waals surface area contributed by atoms with Crippen LogP contribution in [-0.4, -0.2) is 38.6 Å². The Bertz CT molecular complexity index is 416. The second-order valence-electron chi connectivity index (χ2n) is 3.76. The molecule has 1 aliphatic heterocycles. The number of hydrogen-bond donors (Lipinski definition) is 0. The van der Waals surface area contributed by atoms with Crippen molar-refractivity contribution in [3.8, 4) is 11.5 Å². The van der Waals surface area contributed by atoms with E-state index < -0.39 is 0 Å². The standard InChI is InChI=1S/C12H16NO2.HI/c1-13-5-4-9-6-10(14-2)7-12(15-3)11(9)8-13;/h6-8H,4-5H2,1-3H3;1H/q+1;/p-1. The summed E-state index contributed by atoms with van der Waals surface area (Å²) in [5.74, 6) is 1.75. The SMILES string of the molecule is COc1cc2c(c(OC)c1)C=[N+](C)CC2.[I-]. The highest BCUT2D eigenvalue weighted by Gasteiger charge is 2.18. The lowest BCUT2D eigenvalue weighted by atomic mass is 10.0. The number of ether oxygens (including phenoxy) is 2. The van der Waals surface area contributed by atoms with Crippen LogP contribution < -0.4 is 33.5 Å². The average Bonchev–Trinajstić information content (AvgIpc) is 2.27. The molecule has 4 heteroatoms. The molecule has 0 radical (unpaired) electrons. The molecule has 0 aliphatic carbocycles. The third-order valence-corrected chi connectivity index (χ3v) is 2.74. The molecular formula is C12H16INO2. The molecule has 0 spiro atoms. The van der Waals surface area contributed by atoms with E-state index >= 15 is 0 Å². The topological polar surface area (TPSA) is 21.5 Å². The molecule has 1 aliphatic rings. The van der Waals surface area contributed by atoms with Crippen molar-refractivity contribution in [1.82, 2.24) is 0 Å². The number of rotatable bonds is 2. The minimum Gasteiger partial charge on any atom is -1.00 e. The Morgan fingerprint density at radius 2 is 1.94 bits per heavy atom. The maximum absolute atomic E-state index is 5.37. The number of methoxy groups -OCH3 is 2. The number of hydrogen-bond acceptors (Lipinski definition) is 2. The van der Waals surface area contributed by atoms with Gasteiger partial charge in [-0.15, -0.1) is 0 Å². The molecule has 1 aromatic rings. The van der Waals surface area contributed by atoms with E-state index in [2.05, 4.69) is 23.9 Å². The molecule has 0 saturated heterocycles. The van der Waals surface area contributed by atoms with Gasteiger partial charge in [0.1, 0.15) is 25.1 Å². The molecule has 0 saturated carbocycles. The molecule has 1 heterocycles. The third-order valence-electron chi connectivity index (χ3n) is 2.74. The molecule has 3 nitrogen and oxygen atoms in total. The summed E-state index contributed by atoms with van der Waals surface area (Å²) in [6.45, 7) is 1.04. The van der Waals surface area contributed by atoms with E-state index in [1.165, 1.54) is 11.1 Å². The van der Waals surface area contributed by atoms with Gasteiger partial charge in [-0.05, 0) is 11.6 Å². The van der Waals surface area contributed by atoms with Gasteiger partial charge in [-0.1, -0.05) is 0 Å². The van der Waals surface area contributed by atoms with E-state index in [1.807, 2.05) is 6.07 Å². The van der Waals surface area contributed by atoms with Crippen LogP contribution in [0.3, 0.4) is 0 Å². The number of nitrogens with zero attached hydrogens (tertiary/aromatic N) is 1. The van der Waals surface area contributed by atoms with Crippen molar-refractivity contribution in [1.29, 1.82) is 0 Å².